The number of carbonyl (C=O) groups excluding carboxylic acids is 1. The highest BCUT2D eigenvalue weighted by atomic mass is 32.1. The molecule has 40 heavy (non-hydrogen) atoms. The molecule has 4 nitrogen and oxygen atoms in total. The average Bonchev–Trinajstić information content (AvgIpc) is 3.67. The van der Waals surface area contributed by atoms with E-state index in [4.69, 9.17) is 9.72 Å². The van der Waals surface area contributed by atoms with Crippen molar-refractivity contribution in [2.75, 3.05) is 7.11 Å². The van der Waals surface area contributed by atoms with Crippen LogP contribution in [0.2, 0.25) is 0 Å². The van der Waals surface area contributed by atoms with E-state index in [1.165, 1.54) is 67.0 Å². The molecule has 5 aromatic rings. The molecule has 8 heteroatoms. The van der Waals surface area contributed by atoms with Gasteiger partial charge in [-0.1, -0.05) is 37.1 Å². The van der Waals surface area contributed by atoms with E-state index in [1.807, 2.05) is 24.3 Å². The van der Waals surface area contributed by atoms with Crippen LogP contribution in [0, 0.1) is 11.6 Å². The van der Waals surface area contributed by atoms with Crippen molar-refractivity contribution < 1.29 is 22.7 Å². The Labute approximate surface area is 233 Å². The molecule has 0 radical (unpaired) electrons. The summed E-state index contributed by atoms with van der Waals surface area (Å²) in [5.41, 5.74) is 3.00. The van der Waals surface area contributed by atoms with E-state index in [1.54, 1.807) is 0 Å². The molecule has 0 spiro atoms. The predicted octanol–water partition coefficient (Wildman–Crippen LogP) is 8.81. The van der Waals surface area contributed by atoms with Crippen LogP contribution in [-0.4, -0.2) is 23.0 Å². The van der Waals surface area contributed by atoms with Gasteiger partial charge in [0.05, 0.1) is 34.3 Å². The number of fused-ring (bicyclic) bond motifs is 1. The van der Waals surface area contributed by atoms with Crippen molar-refractivity contribution in [1.82, 2.24) is 9.97 Å². The lowest BCUT2D eigenvalue weighted by Gasteiger charge is -2.25. The number of aromatic nitrogens is 2. The number of nitrogens with zero attached hydrogens (tertiary/aromatic N) is 2. The molecular formula is C32H25F3N2O2S. The van der Waals surface area contributed by atoms with Crippen LogP contribution in [0.3, 0.4) is 0 Å². The quantitative estimate of drug-likeness (QED) is 0.196. The third-order valence-electron chi connectivity index (χ3n) is 7.43. The second-order valence-corrected chi connectivity index (χ2v) is 10.9. The van der Waals surface area contributed by atoms with Gasteiger partial charge in [-0.3, -0.25) is 4.98 Å². The number of thiazole rings is 1. The summed E-state index contributed by atoms with van der Waals surface area (Å²) in [5, 5.41) is 0.246. The maximum atomic E-state index is 17.0. The largest absolute Gasteiger partial charge is 0.465 e. The minimum Gasteiger partial charge on any atom is -0.465 e. The van der Waals surface area contributed by atoms with E-state index in [9.17, 15) is 13.6 Å². The third kappa shape index (κ3) is 4.77. The molecule has 1 atom stereocenters. The molecule has 6 rings (SSSR count). The van der Waals surface area contributed by atoms with Crippen LogP contribution in [0.4, 0.5) is 13.2 Å². The van der Waals surface area contributed by atoms with Crippen molar-refractivity contribution in [2.24, 2.45) is 0 Å². The fraction of sp³-hybridized carbons (Fsp3) is 0.219. The van der Waals surface area contributed by atoms with E-state index in [0.29, 0.717) is 22.3 Å². The van der Waals surface area contributed by atoms with Crippen molar-refractivity contribution in [1.29, 1.82) is 0 Å². The number of hydrogen-bond acceptors (Lipinski definition) is 5. The Kier molecular flexibility index (Phi) is 7.11. The summed E-state index contributed by atoms with van der Waals surface area (Å²) in [6.45, 7) is 0. The number of benzene rings is 3. The van der Waals surface area contributed by atoms with Crippen LogP contribution in [0.15, 0.2) is 72.8 Å². The molecule has 0 bridgehead atoms. The third-order valence-corrected chi connectivity index (χ3v) is 8.50. The lowest BCUT2D eigenvalue weighted by molar-refractivity contribution is 0.0602. The van der Waals surface area contributed by atoms with Gasteiger partial charge in [-0.2, -0.15) is 0 Å². The maximum Gasteiger partial charge on any atom is 0.340 e. The normalized spacial score (nSPS) is 14.5. The summed E-state index contributed by atoms with van der Waals surface area (Å²) in [5.74, 6) is -1.67. The Morgan fingerprint density at radius 1 is 0.900 bits per heavy atom. The highest BCUT2D eigenvalue weighted by Crippen LogP contribution is 2.48. The van der Waals surface area contributed by atoms with Gasteiger partial charge in [0.25, 0.3) is 0 Å². The fourth-order valence-corrected chi connectivity index (χ4v) is 6.50. The number of pyridine rings is 1. The Morgan fingerprint density at radius 2 is 1.52 bits per heavy atom. The van der Waals surface area contributed by atoms with Gasteiger partial charge in [-0.25, -0.2) is 22.9 Å². The zero-order valence-corrected chi connectivity index (χ0v) is 22.5. The Morgan fingerprint density at radius 3 is 2.15 bits per heavy atom. The van der Waals surface area contributed by atoms with E-state index in [0.717, 1.165) is 30.4 Å². The van der Waals surface area contributed by atoms with Gasteiger partial charge in [0.1, 0.15) is 16.6 Å². The molecule has 1 aliphatic carbocycles. The van der Waals surface area contributed by atoms with Crippen molar-refractivity contribution >= 4 is 27.5 Å². The minimum atomic E-state index is -1.70. The van der Waals surface area contributed by atoms with Crippen molar-refractivity contribution in [3.05, 3.63) is 106 Å². The van der Waals surface area contributed by atoms with Crippen molar-refractivity contribution in [3.8, 4) is 22.4 Å². The van der Waals surface area contributed by atoms with E-state index >= 15 is 4.39 Å². The number of carbonyl (C=O) groups is 1. The summed E-state index contributed by atoms with van der Waals surface area (Å²) in [7, 11) is 1.25. The standard InChI is InChI=1S/C32H25F3N2O2S/c1-39-32(38)27-25(18-10-14-21(33)15-11-18)26(28(35)31-36-23-8-4-5-9-24(23)40-31)29(19-6-2-3-7-19)37-30(27)20-12-16-22(34)17-13-20/h4-5,8-17,19,28H,2-3,6-7H2,1H3. The molecule has 0 aliphatic heterocycles. The number of methoxy groups -OCH3 is 1. The lowest BCUT2D eigenvalue weighted by Crippen LogP contribution is -2.16. The minimum absolute atomic E-state index is 0.0428. The molecule has 0 amide bonds. The summed E-state index contributed by atoms with van der Waals surface area (Å²) in [4.78, 5) is 23.0. The van der Waals surface area contributed by atoms with Crippen molar-refractivity contribution in [2.45, 2.75) is 37.8 Å². The number of alkyl halides is 1. The number of para-hydroxylation sites is 1. The first kappa shape index (κ1) is 26.2. The van der Waals surface area contributed by atoms with Crippen LogP contribution < -0.4 is 0 Å². The lowest BCUT2D eigenvalue weighted by atomic mass is 9.85. The SMILES string of the molecule is COC(=O)c1c(-c2ccc(F)cc2)nc(C2CCCC2)c(C(F)c2nc3ccccc3s2)c1-c1ccc(F)cc1. The van der Waals surface area contributed by atoms with Gasteiger partial charge in [0.15, 0.2) is 6.17 Å². The van der Waals surface area contributed by atoms with E-state index in [2.05, 4.69) is 4.98 Å². The summed E-state index contributed by atoms with van der Waals surface area (Å²) in [6, 6.07) is 18.7. The number of esters is 1. The van der Waals surface area contributed by atoms with Gasteiger partial charge in [-0.05, 0) is 66.9 Å². The first-order valence-corrected chi connectivity index (χ1v) is 13.9. The molecule has 0 N–H and O–H groups in total. The molecule has 202 valence electrons. The average molecular weight is 559 g/mol. The smallest absolute Gasteiger partial charge is 0.340 e. The van der Waals surface area contributed by atoms with E-state index in [-0.39, 0.29) is 33.3 Å². The van der Waals surface area contributed by atoms with Gasteiger partial charge in [0.2, 0.25) is 0 Å². The molecule has 1 saturated carbocycles. The van der Waals surface area contributed by atoms with Crippen LogP contribution in [0.25, 0.3) is 32.6 Å². The van der Waals surface area contributed by atoms with Crippen LogP contribution in [-0.2, 0) is 4.74 Å². The molecule has 3 aromatic carbocycles. The second-order valence-electron chi connectivity index (χ2n) is 9.88. The first-order chi connectivity index (χ1) is 19.4. The van der Waals surface area contributed by atoms with Crippen LogP contribution >= 0.6 is 11.3 Å². The number of hydrogen-bond donors (Lipinski definition) is 0. The van der Waals surface area contributed by atoms with E-state index < -0.39 is 23.8 Å². The molecular weight excluding hydrogens is 533 g/mol. The number of halogens is 3. The summed E-state index contributed by atoms with van der Waals surface area (Å²) < 4.78 is 51.0. The highest BCUT2D eigenvalue weighted by molar-refractivity contribution is 7.18. The summed E-state index contributed by atoms with van der Waals surface area (Å²) >= 11 is 1.25. The number of rotatable bonds is 6. The number of ether oxygens (including phenoxy) is 1. The Bertz CT molecular complexity index is 1660. The Balaban J connectivity index is 1.71. The molecule has 1 fully saturated rings. The van der Waals surface area contributed by atoms with Gasteiger partial charge < -0.3 is 4.74 Å². The van der Waals surface area contributed by atoms with Gasteiger partial charge >= 0.3 is 5.97 Å². The van der Waals surface area contributed by atoms with Crippen molar-refractivity contribution in [3.63, 3.8) is 0 Å². The summed E-state index contributed by atoms with van der Waals surface area (Å²) in [6.07, 6.45) is 1.87. The van der Waals surface area contributed by atoms with Gasteiger partial charge in [-0.15, -0.1) is 11.3 Å². The topological polar surface area (TPSA) is 52.1 Å². The highest BCUT2D eigenvalue weighted by Gasteiger charge is 2.35. The second kappa shape index (κ2) is 10.8. The molecule has 0 saturated heterocycles. The fourth-order valence-electron chi connectivity index (χ4n) is 5.54. The molecule has 1 unspecified atom stereocenters. The van der Waals surface area contributed by atoms with Crippen LogP contribution in [0.5, 0.6) is 0 Å². The predicted molar refractivity (Wildman–Crippen MR) is 150 cm³/mol. The maximum absolute atomic E-state index is 17.0. The molecule has 2 aromatic heterocycles. The molecule has 1 aliphatic rings. The monoisotopic (exact) mass is 558 g/mol. The van der Waals surface area contributed by atoms with Gasteiger partial charge in [0, 0.05) is 22.6 Å². The zero-order chi connectivity index (χ0) is 27.8. The first-order valence-electron chi connectivity index (χ1n) is 13.1. The molecule has 2 heterocycles. The Hall–Kier alpha value is -4.04. The van der Waals surface area contributed by atoms with Crippen LogP contribution in [0.1, 0.15) is 64.4 Å². The zero-order valence-electron chi connectivity index (χ0n) is 21.7.